The van der Waals surface area contributed by atoms with E-state index in [0.717, 1.165) is 17.9 Å². The van der Waals surface area contributed by atoms with E-state index < -0.39 is 0 Å². The molecule has 0 aliphatic heterocycles. The van der Waals surface area contributed by atoms with Gasteiger partial charge in [-0.1, -0.05) is 6.92 Å². The molecule has 1 aromatic rings. The van der Waals surface area contributed by atoms with E-state index in [4.69, 9.17) is 4.74 Å². The van der Waals surface area contributed by atoms with Crippen molar-refractivity contribution in [1.82, 2.24) is 5.43 Å². The number of ether oxygens (including phenoxy) is 1. The zero-order valence-corrected chi connectivity index (χ0v) is 10.5. The van der Waals surface area contributed by atoms with Gasteiger partial charge in [0.05, 0.1) is 6.61 Å². The monoisotopic (exact) mass is 234 g/mol. The lowest BCUT2D eigenvalue weighted by Gasteiger charge is -2.04. The van der Waals surface area contributed by atoms with E-state index in [9.17, 15) is 4.79 Å². The normalized spacial score (nSPS) is 11.1. The summed E-state index contributed by atoms with van der Waals surface area (Å²) in [4.78, 5) is 11.7. The van der Waals surface area contributed by atoms with Gasteiger partial charge >= 0.3 is 0 Å². The van der Waals surface area contributed by atoms with E-state index in [1.807, 2.05) is 20.8 Å². The zero-order valence-electron chi connectivity index (χ0n) is 10.5. The van der Waals surface area contributed by atoms with Gasteiger partial charge in [-0.05, 0) is 44.5 Å². The van der Waals surface area contributed by atoms with Crippen LogP contribution >= 0.6 is 0 Å². The van der Waals surface area contributed by atoms with Crippen molar-refractivity contribution in [2.45, 2.75) is 27.2 Å². The third-order valence-corrected chi connectivity index (χ3v) is 2.29. The van der Waals surface area contributed by atoms with Crippen molar-refractivity contribution < 1.29 is 9.53 Å². The summed E-state index contributed by atoms with van der Waals surface area (Å²) in [7, 11) is 0. The van der Waals surface area contributed by atoms with Gasteiger partial charge in [0.1, 0.15) is 5.75 Å². The van der Waals surface area contributed by atoms with Crippen LogP contribution in [0.1, 0.15) is 37.6 Å². The Bertz CT molecular complexity index is 396. The highest BCUT2D eigenvalue weighted by molar-refractivity contribution is 5.95. The van der Waals surface area contributed by atoms with Gasteiger partial charge in [0, 0.05) is 11.3 Å². The maximum absolute atomic E-state index is 11.7. The van der Waals surface area contributed by atoms with Crippen molar-refractivity contribution in [2.75, 3.05) is 6.61 Å². The second kappa shape index (κ2) is 6.68. The first kappa shape index (κ1) is 13.2. The molecule has 0 unspecified atom stereocenters. The Hall–Kier alpha value is -1.84. The van der Waals surface area contributed by atoms with Crippen molar-refractivity contribution in [3.05, 3.63) is 29.8 Å². The fourth-order valence-corrected chi connectivity index (χ4v) is 1.16. The van der Waals surface area contributed by atoms with Crippen LogP contribution in [0.15, 0.2) is 29.4 Å². The van der Waals surface area contributed by atoms with Gasteiger partial charge in [0.2, 0.25) is 0 Å². The first-order valence-corrected chi connectivity index (χ1v) is 5.73. The molecule has 17 heavy (non-hydrogen) atoms. The maximum Gasteiger partial charge on any atom is 0.271 e. The van der Waals surface area contributed by atoms with Gasteiger partial charge in [-0.3, -0.25) is 4.79 Å². The summed E-state index contributed by atoms with van der Waals surface area (Å²) in [6.45, 7) is 6.40. The average Bonchev–Trinajstić information content (AvgIpc) is 2.36. The highest BCUT2D eigenvalue weighted by Crippen LogP contribution is 2.11. The average molecular weight is 234 g/mol. The molecule has 0 aromatic heterocycles. The summed E-state index contributed by atoms with van der Waals surface area (Å²) in [6.07, 6.45) is 0.823. The third kappa shape index (κ3) is 4.26. The molecule has 0 fully saturated rings. The molecule has 0 atom stereocenters. The first-order chi connectivity index (χ1) is 8.17. The van der Waals surface area contributed by atoms with Crippen LogP contribution in [0.3, 0.4) is 0 Å². The fourth-order valence-electron chi connectivity index (χ4n) is 1.16. The van der Waals surface area contributed by atoms with Gasteiger partial charge in [-0.25, -0.2) is 5.43 Å². The summed E-state index contributed by atoms with van der Waals surface area (Å²) in [6, 6.07) is 6.98. The molecule has 92 valence electrons. The molecule has 1 aromatic carbocycles. The number of benzene rings is 1. The number of carbonyl (C=O) groups excluding carboxylic acids is 1. The van der Waals surface area contributed by atoms with Crippen LogP contribution in [0.2, 0.25) is 0 Å². The third-order valence-electron chi connectivity index (χ3n) is 2.29. The second-order valence-electron chi connectivity index (χ2n) is 3.60. The Balaban J connectivity index is 2.63. The lowest BCUT2D eigenvalue weighted by molar-refractivity contribution is 0.0954. The standard InChI is InChI=1S/C13H18N2O2/c1-4-10(3)14-15-13(16)11-6-8-12(9-7-11)17-5-2/h6-9H,4-5H2,1-3H3,(H,15,16)/b14-10+. The second-order valence-corrected chi connectivity index (χ2v) is 3.60. The maximum atomic E-state index is 11.7. The number of amides is 1. The smallest absolute Gasteiger partial charge is 0.271 e. The number of hydrogen-bond acceptors (Lipinski definition) is 3. The van der Waals surface area contributed by atoms with Crippen molar-refractivity contribution in [3.63, 3.8) is 0 Å². The number of nitrogens with zero attached hydrogens (tertiary/aromatic N) is 1. The molecule has 0 spiro atoms. The minimum atomic E-state index is -0.208. The van der Waals surface area contributed by atoms with E-state index >= 15 is 0 Å². The molecule has 0 radical (unpaired) electrons. The number of nitrogens with one attached hydrogen (secondary N) is 1. The fraction of sp³-hybridized carbons (Fsp3) is 0.385. The van der Waals surface area contributed by atoms with Crippen molar-refractivity contribution >= 4 is 11.6 Å². The summed E-state index contributed by atoms with van der Waals surface area (Å²) in [5.74, 6) is 0.554. The highest BCUT2D eigenvalue weighted by Gasteiger charge is 2.04. The molecule has 0 bridgehead atoms. The molecule has 0 aliphatic rings. The summed E-state index contributed by atoms with van der Waals surface area (Å²) >= 11 is 0. The number of hydrazone groups is 1. The predicted molar refractivity (Wildman–Crippen MR) is 68.5 cm³/mol. The summed E-state index contributed by atoms with van der Waals surface area (Å²) in [5, 5.41) is 3.96. The van der Waals surface area contributed by atoms with Crippen LogP contribution in [0, 0.1) is 0 Å². The van der Waals surface area contributed by atoms with E-state index in [2.05, 4.69) is 10.5 Å². The highest BCUT2D eigenvalue weighted by atomic mass is 16.5. The SMILES string of the molecule is CCOc1ccc(C(=O)N/N=C(\C)CC)cc1. The summed E-state index contributed by atoms with van der Waals surface area (Å²) < 4.78 is 5.30. The number of hydrogen-bond donors (Lipinski definition) is 1. The Labute approximate surface area is 102 Å². The minimum Gasteiger partial charge on any atom is -0.494 e. The molecule has 4 heteroatoms. The van der Waals surface area contributed by atoms with E-state index in [0.29, 0.717) is 12.2 Å². The van der Waals surface area contributed by atoms with Crippen molar-refractivity contribution in [2.24, 2.45) is 5.10 Å². The molecule has 1 amide bonds. The molecule has 0 heterocycles. The zero-order chi connectivity index (χ0) is 12.7. The van der Waals surface area contributed by atoms with Crippen LogP contribution in [0.4, 0.5) is 0 Å². The Kier molecular flexibility index (Phi) is 5.20. The Morgan fingerprint density at radius 2 is 1.94 bits per heavy atom. The summed E-state index contributed by atoms with van der Waals surface area (Å²) in [5.41, 5.74) is 3.97. The van der Waals surface area contributed by atoms with Gasteiger partial charge < -0.3 is 4.74 Å². The van der Waals surface area contributed by atoms with Crippen LogP contribution in [-0.2, 0) is 0 Å². The van der Waals surface area contributed by atoms with E-state index in [1.165, 1.54) is 0 Å². The van der Waals surface area contributed by atoms with Crippen LogP contribution in [0.5, 0.6) is 5.75 Å². The van der Waals surface area contributed by atoms with Crippen LogP contribution in [-0.4, -0.2) is 18.2 Å². The minimum absolute atomic E-state index is 0.208. The van der Waals surface area contributed by atoms with Crippen molar-refractivity contribution in [1.29, 1.82) is 0 Å². The van der Waals surface area contributed by atoms with Crippen LogP contribution in [0.25, 0.3) is 0 Å². The molecule has 4 nitrogen and oxygen atoms in total. The molecule has 1 N–H and O–H groups in total. The molecule has 0 saturated carbocycles. The van der Waals surface area contributed by atoms with E-state index in [-0.39, 0.29) is 5.91 Å². The predicted octanol–water partition coefficient (Wildman–Crippen LogP) is 2.60. The lowest BCUT2D eigenvalue weighted by atomic mass is 10.2. The number of carbonyl (C=O) groups is 1. The van der Waals surface area contributed by atoms with Gasteiger partial charge in [-0.2, -0.15) is 5.10 Å². The van der Waals surface area contributed by atoms with Crippen LogP contribution < -0.4 is 10.2 Å². The molecule has 1 rings (SSSR count). The Morgan fingerprint density at radius 1 is 1.29 bits per heavy atom. The van der Waals surface area contributed by atoms with E-state index in [1.54, 1.807) is 24.3 Å². The molecule has 0 saturated heterocycles. The first-order valence-electron chi connectivity index (χ1n) is 5.73. The van der Waals surface area contributed by atoms with Crippen molar-refractivity contribution in [3.8, 4) is 5.75 Å². The Morgan fingerprint density at radius 3 is 2.47 bits per heavy atom. The molecular weight excluding hydrogens is 216 g/mol. The van der Waals surface area contributed by atoms with Gasteiger partial charge in [0.25, 0.3) is 5.91 Å². The number of rotatable bonds is 5. The quantitative estimate of drug-likeness (QED) is 0.629. The lowest BCUT2D eigenvalue weighted by Crippen LogP contribution is -2.18. The molecule has 0 aliphatic carbocycles. The van der Waals surface area contributed by atoms with Gasteiger partial charge in [-0.15, -0.1) is 0 Å². The topological polar surface area (TPSA) is 50.7 Å². The van der Waals surface area contributed by atoms with Gasteiger partial charge in [0.15, 0.2) is 0 Å². The molecular formula is C13H18N2O2. The largest absolute Gasteiger partial charge is 0.494 e.